The van der Waals surface area contributed by atoms with Crippen LogP contribution in [0.2, 0.25) is 0 Å². The number of hydrogen-bond acceptors (Lipinski definition) is 1. The number of hydrogen-bond donors (Lipinski definition) is 0. The third kappa shape index (κ3) is 3.81. The lowest BCUT2D eigenvalue weighted by atomic mass is 10.3. The molecule has 2 heteroatoms. The van der Waals surface area contributed by atoms with E-state index in [2.05, 4.69) is 6.92 Å². The van der Waals surface area contributed by atoms with Gasteiger partial charge < -0.3 is 0 Å². The largest absolute Gasteiger partial charge is 0.206 e. The summed E-state index contributed by atoms with van der Waals surface area (Å²) in [6.07, 6.45) is 3.63. The molecule has 0 radical (unpaired) electrons. The van der Waals surface area contributed by atoms with E-state index >= 15 is 0 Å². The second kappa shape index (κ2) is 6.03. The summed E-state index contributed by atoms with van der Waals surface area (Å²) in [7, 11) is 0. The van der Waals surface area contributed by atoms with Crippen molar-refractivity contribution >= 4 is 11.8 Å². The van der Waals surface area contributed by atoms with E-state index in [4.69, 9.17) is 0 Å². The van der Waals surface area contributed by atoms with Crippen molar-refractivity contribution < 1.29 is 4.39 Å². The molecule has 0 heterocycles. The SMILES string of the molecule is CCCCCSc1ccccc1F. The van der Waals surface area contributed by atoms with Gasteiger partial charge in [-0.2, -0.15) is 0 Å². The zero-order valence-electron chi connectivity index (χ0n) is 7.92. The molecule has 0 aliphatic carbocycles. The van der Waals surface area contributed by atoms with Gasteiger partial charge in [0.2, 0.25) is 0 Å². The lowest BCUT2D eigenvalue weighted by molar-refractivity contribution is 0.602. The average Bonchev–Trinajstić information content (AvgIpc) is 2.15. The molecule has 0 fully saturated rings. The number of rotatable bonds is 5. The van der Waals surface area contributed by atoms with Crippen LogP contribution in [0.25, 0.3) is 0 Å². The normalized spacial score (nSPS) is 10.3. The van der Waals surface area contributed by atoms with Gasteiger partial charge in [0, 0.05) is 4.90 Å². The summed E-state index contributed by atoms with van der Waals surface area (Å²) in [6.45, 7) is 2.17. The van der Waals surface area contributed by atoms with Crippen LogP contribution >= 0.6 is 11.8 Å². The fourth-order valence-electron chi connectivity index (χ4n) is 1.10. The van der Waals surface area contributed by atoms with Crippen molar-refractivity contribution in [2.24, 2.45) is 0 Å². The van der Waals surface area contributed by atoms with Gasteiger partial charge in [-0.3, -0.25) is 0 Å². The minimum Gasteiger partial charge on any atom is -0.206 e. The van der Waals surface area contributed by atoms with Gasteiger partial charge >= 0.3 is 0 Å². The van der Waals surface area contributed by atoms with E-state index in [0.717, 1.165) is 10.6 Å². The standard InChI is InChI=1S/C11H15FS/c1-2-3-6-9-13-11-8-5-4-7-10(11)12/h4-5,7-8H,2-3,6,9H2,1H3. The lowest BCUT2D eigenvalue weighted by Crippen LogP contribution is -1.83. The van der Waals surface area contributed by atoms with Crippen LogP contribution in [0.1, 0.15) is 26.2 Å². The highest BCUT2D eigenvalue weighted by molar-refractivity contribution is 7.99. The smallest absolute Gasteiger partial charge is 0.136 e. The van der Waals surface area contributed by atoms with Gasteiger partial charge in [0.05, 0.1) is 0 Å². The maximum Gasteiger partial charge on any atom is 0.136 e. The first-order chi connectivity index (χ1) is 6.34. The Bertz CT molecular complexity index is 248. The Morgan fingerprint density at radius 1 is 1.23 bits per heavy atom. The minimum atomic E-state index is -0.0935. The van der Waals surface area contributed by atoms with E-state index in [1.807, 2.05) is 12.1 Å². The van der Waals surface area contributed by atoms with Crippen molar-refractivity contribution in [1.29, 1.82) is 0 Å². The first-order valence-corrected chi connectivity index (χ1v) is 5.70. The van der Waals surface area contributed by atoms with Gasteiger partial charge in [-0.05, 0) is 24.3 Å². The number of halogens is 1. The molecular weight excluding hydrogens is 183 g/mol. The molecule has 0 saturated carbocycles. The van der Waals surface area contributed by atoms with Gasteiger partial charge in [-0.25, -0.2) is 4.39 Å². The van der Waals surface area contributed by atoms with Crippen LogP contribution in [0.4, 0.5) is 4.39 Å². The van der Waals surface area contributed by atoms with Gasteiger partial charge in [-0.15, -0.1) is 11.8 Å². The maximum atomic E-state index is 13.1. The van der Waals surface area contributed by atoms with Crippen molar-refractivity contribution in [3.05, 3.63) is 30.1 Å². The molecule has 1 aromatic rings. The van der Waals surface area contributed by atoms with Crippen LogP contribution in [0.5, 0.6) is 0 Å². The second-order valence-electron chi connectivity index (χ2n) is 2.99. The number of thioether (sulfide) groups is 1. The Morgan fingerprint density at radius 2 is 2.00 bits per heavy atom. The predicted molar refractivity (Wildman–Crippen MR) is 56.6 cm³/mol. The highest BCUT2D eigenvalue weighted by atomic mass is 32.2. The van der Waals surface area contributed by atoms with Crippen molar-refractivity contribution in [2.75, 3.05) is 5.75 Å². The van der Waals surface area contributed by atoms with E-state index in [-0.39, 0.29) is 5.82 Å². The zero-order chi connectivity index (χ0) is 9.52. The highest BCUT2D eigenvalue weighted by Gasteiger charge is 1.99. The summed E-state index contributed by atoms with van der Waals surface area (Å²) >= 11 is 1.61. The Hall–Kier alpha value is -0.500. The molecule has 0 spiro atoms. The van der Waals surface area contributed by atoms with Crippen molar-refractivity contribution in [3.8, 4) is 0 Å². The summed E-state index contributed by atoms with van der Waals surface area (Å²) < 4.78 is 13.1. The van der Waals surface area contributed by atoms with Gasteiger partial charge in [0.15, 0.2) is 0 Å². The Morgan fingerprint density at radius 3 is 2.69 bits per heavy atom. The van der Waals surface area contributed by atoms with E-state index in [0.29, 0.717) is 0 Å². The van der Waals surface area contributed by atoms with Crippen LogP contribution in [0.15, 0.2) is 29.2 Å². The van der Waals surface area contributed by atoms with Crippen molar-refractivity contribution in [1.82, 2.24) is 0 Å². The van der Waals surface area contributed by atoms with Crippen LogP contribution in [0.3, 0.4) is 0 Å². The molecule has 0 unspecified atom stereocenters. The molecular formula is C11H15FS. The quantitative estimate of drug-likeness (QED) is 0.507. The van der Waals surface area contributed by atoms with E-state index in [9.17, 15) is 4.39 Å². The molecule has 0 bridgehead atoms. The predicted octanol–water partition coefficient (Wildman–Crippen LogP) is 4.11. The minimum absolute atomic E-state index is 0.0935. The molecule has 0 atom stereocenters. The van der Waals surface area contributed by atoms with Crippen LogP contribution in [-0.4, -0.2) is 5.75 Å². The average molecular weight is 198 g/mol. The summed E-state index contributed by atoms with van der Waals surface area (Å²) in [5.74, 6) is 0.929. The molecule has 0 saturated heterocycles. The monoisotopic (exact) mass is 198 g/mol. The second-order valence-corrected chi connectivity index (χ2v) is 4.12. The fraction of sp³-hybridized carbons (Fsp3) is 0.455. The number of benzene rings is 1. The summed E-state index contributed by atoms with van der Waals surface area (Å²) in [5.41, 5.74) is 0. The Labute approximate surface area is 83.5 Å². The molecule has 13 heavy (non-hydrogen) atoms. The van der Waals surface area contributed by atoms with Crippen LogP contribution in [0, 0.1) is 5.82 Å². The molecule has 0 aliphatic rings. The fourth-order valence-corrected chi connectivity index (χ4v) is 2.05. The molecule has 0 N–H and O–H groups in total. The third-order valence-corrected chi connectivity index (χ3v) is 2.98. The van der Waals surface area contributed by atoms with E-state index in [1.54, 1.807) is 17.8 Å². The number of unbranched alkanes of at least 4 members (excludes halogenated alkanes) is 2. The third-order valence-electron chi connectivity index (χ3n) is 1.84. The topological polar surface area (TPSA) is 0 Å². The molecule has 0 aliphatic heterocycles. The summed E-state index contributed by atoms with van der Waals surface area (Å²) in [5, 5.41) is 0. The van der Waals surface area contributed by atoms with E-state index < -0.39 is 0 Å². The van der Waals surface area contributed by atoms with Gasteiger partial charge in [0.25, 0.3) is 0 Å². The lowest BCUT2D eigenvalue weighted by Gasteiger charge is -2.01. The molecule has 1 rings (SSSR count). The molecule has 0 aromatic heterocycles. The Balaban J connectivity index is 2.32. The molecule has 0 amide bonds. The zero-order valence-corrected chi connectivity index (χ0v) is 8.74. The first-order valence-electron chi connectivity index (χ1n) is 4.72. The van der Waals surface area contributed by atoms with Gasteiger partial charge in [0.1, 0.15) is 5.82 Å². The first kappa shape index (κ1) is 10.6. The summed E-state index contributed by atoms with van der Waals surface area (Å²) in [4.78, 5) is 0.776. The van der Waals surface area contributed by atoms with Crippen molar-refractivity contribution in [2.45, 2.75) is 31.1 Å². The maximum absolute atomic E-state index is 13.1. The van der Waals surface area contributed by atoms with Crippen LogP contribution < -0.4 is 0 Å². The Kier molecular flexibility index (Phi) is 4.91. The van der Waals surface area contributed by atoms with Crippen LogP contribution in [-0.2, 0) is 0 Å². The van der Waals surface area contributed by atoms with Gasteiger partial charge in [-0.1, -0.05) is 31.9 Å². The highest BCUT2D eigenvalue weighted by Crippen LogP contribution is 2.22. The molecule has 0 nitrogen and oxygen atoms in total. The van der Waals surface area contributed by atoms with Crippen molar-refractivity contribution in [3.63, 3.8) is 0 Å². The molecule has 1 aromatic carbocycles. The van der Waals surface area contributed by atoms with E-state index in [1.165, 1.54) is 25.3 Å². The molecule has 72 valence electrons. The summed E-state index contributed by atoms with van der Waals surface area (Å²) in [6, 6.07) is 6.96.